The van der Waals surface area contributed by atoms with E-state index in [9.17, 15) is 9.59 Å². The van der Waals surface area contributed by atoms with Crippen LogP contribution in [0.2, 0.25) is 5.02 Å². The summed E-state index contributed by atoms with van der Waals surface area (Å²) in [6.45, 7) is 8.91. The van der Waals surface area contributed by atoms with Crippen molar-refractivity contribution in [1.29, 1.82) is 0 Å². The van der Waals surface area contributed by atoms with E-state index in [1.165, 1.54) is 20.0 Å². The number of piperidine rings is 2. The molecule has 2 amide bonds. The van der Waals surface area contributed by atoms with Crippen molar-refractivity contribution in [3.05, 3.63) is 22.7 Å². The van der Waals surface area contributed by atoms with E-state index in [0.29, 0.717) is 40.5 Å². The van der Waals surface area contributed by atoms with Crippen molar-refractivity contribution < 1.29 is 23.8 Å². The maximum Gasteiger partial charge on any atom is 0.409 e. The largest absolute Gasteiger partial charge is 0.496 e. The molecule has 3 rings (SSSR count). The first kappa shape index (κ1) is 31.3. The molecule has 1 aromatic carbocycles. The van der Waals surface area contributed by atoms with Crippen LogP contribution in [0.4, 0.5) is 10.5 Å². The Kier molecular flexibility index (Phi) is 12.5. The second-order valence-electron chi connectivity index (χ2n) is 10.9. The van der Waals surface area contributed by atoms with Gasteiger partial charge in [-0.25, -0.2) is 4.79 Å². The molecule has 0 aliphatic carbocycles. The third kappa shape index (κ3) is 8.88. The molecule has 220 valence electrons. The normalized spacial score (nSPS) is 21.4. The lowest BCUT2D eigenvalue weighted by Crippen LogP contribution is -2.55. The molecule has 0 bridgehead atoms. The molecule has 10 heteroatoms. The number of carbonyl (C=O) groups is 2. The molecule has 1 unspecified atom stereocenters. The number of unbranched alkanes of at least 4 members (excludes halogenated alkanes) is 1. The van der Waals surface area contributed by atoms with Crippen LogP contribution in [0.25, 0.3) is 0 Å². The highest BCUT2D eigenvalue weighted by molar-refractivity contribution is 6.33. The van der Waals surface area contributed by atoms with Crippen molar-refractivity contribution in [2.45, 2.75) is 70.9 Å². The van der Waals surface area contributed by atoms with Crippen LogP contribution in [-0.4, -0.2) is 87.5 Å². The third-order valence-electron chi connectivity index (χ3n) is 8.20. The smallest absolute Gasteiger partial charge is 0.409 e. The molecule has 0 spiro atoms. The molecule has 0 radical (unpaired) electrons. The minimum absolute atomic E-state index is 0.124. The molecular formula is C29H47ClN4O5. The zero-order chi connectivity index (χ0) is 28.4. The molecule has 39 heavy (non-hydrogen) atoms. The minimum Gasteiger partial charge on any atom is -0.496 e. The molecule has 0 saturated carbocycles. The molecule has 2 aliphatic rings. The van der Waals surface area contributed by atoms with Crippen LogP contribution in [0.3, 0.4) is 0 Å². The van der Waals surface area contributed by atoms with E-state index in [-0.39, 0.29) is 24.1 Å². The van der Waals surface area contributed by atoms with Crippen LogP contribution in [0.5, 0.6) is 5.75 Å². The van der Waals surface area contributed by atoms with Crippen LogP contribution in [0.15, 0.2) is 12.1 Å². The molecule has 2 fully saturated rings. The molecule has 1 aromatic rings. The van der Waals surface area contributed by atoms with Gasteiger partial charge in [-0.15, -0.1) is 0 Å². The SMILES string of the molecule is CCCCC(CC)COC(=O)N1CCC(CN2CC[C@@H](NC(=O)c3cc(Cl)c(N)cc3OC)[C@@H](OC)C2)CC1. The van der Waals surface area contributed by atoms with Crippen molar-refractivity contribution in [3.8, 4) is 5.75 Å². The fourth-order valence-electron chi connectivity index (χ4n) is 5.55. The Morgan fingerprint density at radius 3 is 2.54 bits per heavy atom. The average molecular weight is 567 g/mol. The highest BCUT2D eigenvalue weighted by atomic mass is 35.5. The summed E-state index contributed by atoms with van der Waals surface area (Å²) in [5.41, 5.74) is 6.57. The number of nitrogens with one attached hydrogen (secondary N) is 1. The summed E-state index contributed by atoms with van der Waals surface area (Å²) < 4.78 is 16.8. The molecule has 2 aliphatic heterocycles. The maximum atomic E-state index is 13.0. The van der Waals surface area contributed by atoms with Crippen molar-refractivity contribution in [1.82, 2.24) is 15.1 Å². The van der Waals surface area contributed by atoms with E-state index in [4.69, 9.17) is 31.5 Å². The molecule has 3 atom stereocenters. The Hall–Kier alpha value is -2.23. The minimum atomic E-state index is -0.260. The first-order valence-electron chi connectivity index (χ1n) is 14.4. The number of anilines is 1. The molecule has 2 saturated heterocycles. The van der Waals surface area contributed by atoms with Crippen LogP contribution in [0.1, 0.15) is 69.2 Å². The van der Waals surface area contributed by atoms with Crippen LogP contribution >= 0.6 is 11.6 Å². The van der Waals surface area contributed by atoms with Gasteiger partial charge >= 0.3 is 6.09 Å². The van der Waals surface area contributed by atoms with Crippen molar-refractivity contribution in [2.24, 2.45) is 11.8 Å². The number of methoxy groups -OCH3 is 2. The predicted molar refractivity (Wildman–Crippen MR) is 154 cm³/mol. The van der Waals surface area contributed by atoms with Gasteiger partial charge in [-0.1, -0.05) is 44.7 Å². The molecule has 0 aromatic heterocycles. The standard InChI is InChI=1S/C29H47ClN4O5/c1-5-7-8-20(6-2)19-39-29(36)34-13-9-21(10-14-34)17-33-12-11-25(27(18-33)38-4)32-28(35)22-15-23(30)24(31)16-26(22)37-3/h15-16,20-21,25,27H,5-14,17-19,31H2,1-4H3,(H,32,35)/t20?,25-,27+/m1/s1. The van der Waals surface area contributed by atoms with E-state index in [1.54, 1.807) is 19.2 Å². The van der Waals surface area contributed by atoms with Gasteiger partial charge in [0.05, 0.1) is 42.1 Å². The first-order valence-corrected chi connectivity index (χ1v) is 14.8. The Labute approximate surface area is 238 Å². The Bertz CT molecular complexity index is 940. The van der Waals surface area contributed by atoms with Gasteiger partial charge in [-0.05, 0) is 43.6 Å². The van der Waals surface area contributed by atoms with Crippen LogP contribution < -0.4 is 15.8 Å². The second kappa shape index (κ2) is 15.5. The van der Waals surface area contributed by atoms with Gasteiger partial charge in [0.15, 0.2) is 0 Å². The monoisotopic (exact) mass is 566 g/mol. The van der Waals surface area contributed by atoms with Crippen molar-refractivity contribution in [3.63, 3.8) is 0 Å². The number of nitrogens with zero attached hydrogens (tertiary/aromatic N) is 2. The zero-order valence-electron chi connectivity index (χ0n) is 24.0. The fourth-order valence-corrected chi connectivity index (χ4v) is 5.72. The maximum absolute atomic E-state index is 13.0. The second-order valence-corrected chi connectivity index (χ2v) is 11.3. The zero-order valence-corrected chi connectivity index (χ0v) is 24.8. The Morgan fingerprint density at radius 2 is 1.90 bits per heavy atom. The van der Waals surface area contributed by atoms with E-state index < -0.39 is 0 Å². The summed E-state index contributed by atoms with van der Waals surface area (Å²) >= 11 is 6.15. The van der Waals surface area contributed by atoms with Gasteiger partial charge < -0.3 is 35.1 Å². The van der Waals surface area contributed by atoms with Crippen LogP contribution in [-0.2, 0) is 9.47 Å². The van der Waals surface area contributed by atoms with Gasteiger partial charge in [0, 0.05) is 45.9 Å². The molecular weight excluding hydrogens is 520 g/mol. The number of nitrogen functional groups attached to an aromatic ring is 1. The lowest BCUT2D eigenvalue weighted by atomic mass is 9.94. The number of hydrogen-bond donors (Lipinski definition) is 2. The topological polar surface area (TPSA) is 106 Å². The van der Waals surface area contributed by atoms with Gasteiger partial charge in [0.1, 0.15) is 5.75 Å². The van der Waals surface area contributed by atoms with Gasteiger partial charge in [-0.3, -0.25) is 4.79 Å². The summed E-state index contributed by atoms with van der Waals surface area (Å²) in [5.74, 6) is 1.10. The number of benzene rings is 1. The summed E-state index contributed by atoms with van der Waals surface area (Å²) in [6, 6.07) is 2.98. The molecule has 3 N–H and O–H groups in total. The van der Waals surface area contributed by atoms with Gasteiger partial charge in [-0.2, -0.15) is 0 Å². The number of amides is 2. The fraction of sp³-hybridized carbons (Fsp3) is 0.724. The van der Waals surface area contributed by atoms with E-state index >= 15 is 0 Å². The number of carbonyl (C=O) groups excluding carboxylic acids is 2. The number of nitrogens with two attached hydrogens (primary N) is 1. The highest BCUT2D eigenvalue weighted by Crippen LogP contribution is 2.29. The summed E-state index contributed by atoms with van der Waals surface area (Å²) in [5, 5.41) is 3.42. The summed E-state index contributed by atoms with van der Waals surface area (Å²) in [7, 11) is 3.18. The first-order chi connectivity index (χ1) is 18.8. The Balaban J connectivity index is 1.44. The van der Waals surface area contributed by atoms with E-state index in [1.807, 2.05) is 4.90 Å². The summed E-state index contributed by atoms with van der Waals surface area (Å²) in [6.07, 6.45) is 6.92. The lowest BCUT2D eigenvalue weighted by Gasteiger charge is -2.40. The number of ether oxygens (including phenoxy) is 3. The van der Waals surface area contributed by atoms with Gasteiger partial charge in [0.2, 0.25) is 0 Å². The van der Waals surface area contributed by atoms with E-state index in [2.05, 4.69) is 24.1 Å². The average Bonchev–Trinajstić information content (AvgIpc) is 2.95. The van der Waals surface area contributed by atoms with Crippen molar-refractivity contribution in [2.75, 3.05) is 59.3 Å². The van der Waals surface area contributed by atoms with Gasteiger partial charge in [0.25, 0.3) is 5.91 Å². The number of halogens is 1. The van der Waals surface area contributed by atoms with Crippen molar-refractivity contribution >= 4 is 29.3 Å². The third-order valence-corrected chi connectivity index (χ3v) is 8.53. The highest BCUT2D eigenvalue weighted by Gasteiger charge is 2.33. The lowest BCUT2D eigenvalue weighted by molar-refractivity contribution is -0.00161. The van der Waals surface area contributed by atoms with E-state index in [0.717, 1.165) is 64.8 Å². The predicted octanol–water partition coefficient (Wildman–Crippen LogP) is 4.81. The molecule has 9 nitrogen and oxygen atoms in total. The molecule has 2 heterocycles. The van der Waals surface area contributed by atoms with Crippen LogP contribution in [0, 0.1) is 11.8 Å². The quantitative estimate of drug-likeness (QED) is 0.349. The number of rotatable bonds is 12. The Morgan fingerprint density at radius 1 is 1.15 bits per heavy atom. The number of likely N-dealkylation sites (tertiary alicyclic amines) is 2. The summed E-state index contributed by atoms with van der Waals surface area (Å²) in [4.78, 5) is 29.9. The number of hydrogen-bond acceptors (Lipinski definition) is 7.